The van der Waals surface area contributed by atoms with Crippen LogP contribution in [0.5, 0.6) is 0 Å². The zero-order chi connectivity index (χ0) is 10.8. The van der Waals surface area contributed by atoms with E-state index in [2.05, 4.69) is 7.05 Å². The number of hydrogen-bond donors (Lipinski definition) is 1. The van der Waals surface area contributed by atoms with Crippen LogP contribution < -0.4 is 4.90 Å². The van der Waals surface area contributed by atoms with E-state index in [0.29, 0.717) is 12.1 Å². The van der Waals surface area contributed by atoms with Gasteiger partial charge in [0.1, 0.15) is 0 Å². The molecule has 0 amide bonds. The largest absolute Gasteiger partial charge is 0.467 e. The number of benzene rings is 1. The van der Waals surface area contributed by atoms with E-state index in [0.717, 1.165) is 17.0 Å². The maximum Gasteiger partial charge on any atom is 0.416 e. The molecule has 78 valence electrons. The van der Waals surface area contributed by atoms with Gasteiger partial charge in [0.15, 0.2) is 0 Å². The number of rotatable bonds is 2. The minimum Gasteiger partial charge on any atom is -0.467 e. The maximum atomic E-state index is 12.3. The lowest BCUT2D eigenvalue weighted by molar-refractivity contribution is -0.846. The van der Waals surface area contributed by atoms with Crippen molar-refractivity contribution in [2.75, 3.05) is 7.05 Å². The van der Waals surface area contributed by atoms with Crippen LogP contribution in [0, 0.1) is 7.05 Å². The molecule has 1 nitrogen and oxygen atoms in total. The molecule has 1 aromatic rings. The first-order valence-corrected chi connectivity index (χ1v) is 4.20. The molecule has 0 spiro atoms. The topological polar surface area (TPSA) is 4.44 Å². The van der Waals surface area contributed by atoms with Crippen molar-refractivity contribution in [3.05, 3.63) is 42.4 Å². The van der Waals surface area contributed by atoms with Crippen LogP contribution in [0.2, 0.25) is 0 Å². The van der Waals surface area contributed by atoms with Crippen molar-refractivity contribution in [3.63, 3.8) is 0 Å². The Hall–Kier alpha value is -1.03. The fourth-order valence-corrected chi connectivity index (χ4v) is 1.21. The van der Waals surface area contributed by atoms with Crippen LogP contribution in [0.25, 0.3) is 0 Å². The molecule has 0 saturated heterocycles. The second-order valence-corrected chi connectivity index (χ2v) is 3.33. The van der Waals surface area contributed by atoms with Gasteiger partial charge in [-0.15, -0.1) is 0 Å². The molecule has 1 unspecified atom stereocenters. The Kier molecular flexibility index (Phi) is 3.16. The summed E-state index contributed by atoms with van der Waals surface area (Å²) in [5, 5.41) is 0. The van der Waals surface area contributed by atoms with Crippen LogP contribution in [-0.2, 0) is 12.7 Å². The van der Waals surface area contributed by atoms with Crippen LogP contribution >= 0.6 is 0 Å². The number of quaternary nitrogens is 1. The fourth-order valence-electron chi connectivity index (χ4n) is 1.21. The van der Waals surface area contributed by atoms with Crippen molar-refractivity contribution in [2.45, 2.75) is 12.7 Å². The van der Waals surface area contributed by atoms with Crippen LogP contribution in [0.1, 0.15) is 11.1 Å². The van der Waals surface area contributed by atoms with Crippen molar-refractivity contribution >= 4 is 0 Å². The molecule has 14 heavy (non-hydrogen) atoms. The van der Waals surface area contributed by atoms with Crippen molar-refractivity contribution in [1.82, 2.24) is 0 Å². The SMILES string of the molecule is [CH2-][NH+](C)Cc1cccc(C(F)(F)F)c1. The van der Waals surface area contributed by atoms with E-state index in [9.17, 15) is 13.2 Å². The Bertz CT molecular complexity index is 304. The molecular weight excluding hydrogens is 191 g/mol. The van der Waals surface area contributed by atoms with E-state index < -0.39 is 11.7 Å². The third kappa shape index (κ3) is 3.03. The molecule has 0 aromatic heterocycles. The van der Waals surface area contributed by atoms with E-state index in [1.165, 1.54) is 6.07 Å². The number of alkyl halides is 3. The summed E-state index contributed by atoms with van der Waals surface area (Å²) in [7, 11) is 5.45. The quantitative estimate of drug-likeness (QED) is 0.695. The second-order valence-electron chi connectivity index (χ2n) is 3.33. The molecule has 1 rings (SSSR count). The van der Waals surface area contributed by atoms with E-state index in [-0.39, 0.29) is 0 Å². The first-order chi connectivity index (χ1) is 6.39. The van der Waals surface area contributed by atoms with Gasteiger partial charge in [0.2, 0.25) is 0 Å². The predicted molar refractivity (Wildman–Crippen MR) is 47.4 cm³/mol. The van der Waals surface area contributed by atoms with Crippen molar-refractivity contribution < 1.29 is 18.1 Å². The Morgan fingerprint density at radius 1 is 1.36 bits per heavy atom. The Labute approximate surface area is 81.1 Å². The van der Waals surface area contributed by atoms with Gasteiger partial charge < -0.3 is 4.90 Å². The Morgan fingerprint density at radius 3 is 2.50 bits per heavy atom. The molecular formula is C10H12F3N. The van der Waals surface area contributed by atoms with Crippen LogP contribution in [0.3, 0.4) is 0 Å². The van der Waals surface area contributed by atoms with Crippen molar-refractivity contribution in [3.8, 4) is 0 Å². The van der Waals surface area contributed by atoms with Gasteiger partial charge in [-0.1, -0.05) is 12.1 Å². The van der Waals surface area contributed by atoms with Crippen LogP contribution in [-0.4, -0.2) is 7.05 Å². The molecule has 0 fully saturated rings. The maximum absolute atomic E-state index is 12.3. The molecule has 0 heterocycles. The number of halogens is 3. The minimum atomic E-state index is -4.26. The summed E-state index contributed by atoms with van der Waals surface area (Å²) < 4.78 is 36.8. The lowest BCUT2D eigenvalue weighted by Crippen LogP contribution is -3.01. The first-order valence-electron chi connectivity index (χ1n) is 4.20. The van der Waals surface area contributed by atoms with Gasteiger partial charge in [-0.25, -0.2) is 0 Å². The van der Waals surface area contributed by atoms with E-state index in [4.69, 9.17) is 0 Å². The highest BCUT2D eigenvalue weighted by molar-refractivity contribution is 5.24. The lowest BCUT2D eigenvalue weighted by Gasteiger charge is -2.15. The third-order valence-electron chi connectivity index (χ3n) is 1.76. The summed E-state index contributed by atoms with van der Waals surface area (Å²) >= 11 is 0. The zero-order valence-electron chi connectivity index (χ0n) is 7.86. The summed E-state index contributed by atoms with van der Waals surface area (Å²) in [6, 6.07) is 5.32. The van der Waals surface area contributed by atoms with Gasteiger partial charge in [0.25, 0.3) is 0 Å². The fraction of sp³-hybridized carbons (Fsp3) is 0.300. The summed E-state index contributed by atoms with van der Waals surface area (Å²) in [5.41, 5.74) is 0.0450. The predicted octanol–water partition coefficient (Wildman–Crippen LogP) is 1.51. The molecule has 0 aliphatic rings. The van der Waals surface area contributed by atoms with Gasteiger partial charge in [0, 0.05) is 12.6 Å². The molecule has 0 saturated carbocycles. The number of nitrogens with one attached hydrogen (secondary N) is 1. The lowest BCUT2D eigenvalue weighted by atomic mass is 10.1. The average molecular weight is 203 g/mol. The van der Waals surface area contributed by atoms with Gasteiger partial charge in [-0.3, -0.25) is 0 Å². The van der Waals surface area contributed by atoms with Gasteiger partial charge >= 0.3 is 6.18 Å². The monoisotopic (exact) mass is 203 g/mol. The van der Waals surface area contributed by atoms with Gasteiger partial charge in [0.05, 0.1) is 12.1 Å². The van der Waals surface area contributed by atoms with Gasteiger partial charge in [-0.2, -0.15) is 20.2 Å². The number of hydrogen-bond acceptors (Lipinski definition) is 0. The summed E-state index contributed by atoms with van der Waals surface area (Å²) in [5.74, 6) is 0. The van der Waals surface area contributed by atoms with Crippen LogP contribution in [0.15, 0.2) is 24.3 Å². The molecule has 0 radical (unpaired) electrons. The normalized spacial score (nSPS) is 14.1. The Balaban J connectivity index is 2.90. The zero-order valence-corrected chi connectivity index (χ0v) is 7.86. The highest BCUT2D eigenvalue weighted by atomic mass is 19.4. The summed E-state index contributed by atoms with van der Waals surface area (Å²) in [4.78, 5) is 0.851. The highest BCUT2D eigenvalue weighted by Crippen LogP contribution is 2.29. The molecule has 0 aliphatic carbocycles. The average Bonchev–Trinajstić information content (AvgIpc) is 2.01. The van der Waals surface area contributed by atoms with E-state index in [1.54, 1.807) is 13.1 Å². The van der Waals surface area contributed by atoms with Crippen molar-refractivity contribution in [2.24, 2.45) is 0 Å². The molecule has 0 aliphatic heterocycles. The molecule has 1 N–H and O–H groups in total. The van der Waals surface area contributed by atoms with Crippen molar-refractivity contribution in [1.29, 1.82) is 0 Å². The van der Waals surface area contributed by atoms with Gasteiger partial charge in [-0.05, 0) is 12.1 Å². The third-order valence-corrected chi connectivity index (χ3v) is 1.76. The molecule has 1 atom stereocenters. The Morgan fingerprint density at radius 2 is 2.00 bits per heavy atom. The highest BCUT2D eigenvalue weighted by Gasteiger charge is 2.30. The van der Waals surface area contributed by atoms with E-state index in [1.807, 2.05) is 0 Å². The molecule has 4 heteroatoms. The smallest absolute Gasteiger partial charge is 0.416 e. The van der Waals surface area contributed by atoms with E-state index >= 15 is 0 Å². The first kappa shape index (κ1) is 11.0. The molecule has 1 aromatic carbocycles. The standard InChI is InChI=1S/C10H12F3N/c1-14(2)7-8-4-3-5-9(6-8)10(11,12)13/h3-6,14H,1,7H2,2H3. The minimum absolute atomic E-state index is 0.490. The second kappa shape index (κ2) is 4.00. The summed E-state index contributed by atoms with van der Waals surface area (Å²) in [6.45, 7) is 0.490. The van der Waals surface area contributed by atoms with Crippen LogP contribution in [0.4, 0.5) is 13.2 Å². The molecule has 0 bridgehead atoms. The summed E-state index contributed by atoms with van der Waals surface area (Å²) in [6.07, 6.45) is -4.26.